The summed E-state index contributed by atoms with van der Waals surface area (Å²) >= 11 is 0. The summed E-state index contributed by atoms with van der Waals surface area (Å²) in [5, 5.41) is 11.6. The van der Waals surface area contributed by atoms with Crippen LogP contribution in [0, 0.1) is 11.3 Å². The van der Waals surface area contributed by atoms with Crippen LogP contribution in [-0.4, -0.2) is 16.7 Å². The van der Waals surface area contributed by atoms with Crippen molar-refractivity contribution in [1.29, 1.82) is 5.26 Å². The standard InChI is InChI=1S/C14H11N3O2/c1-9(18)11-6-7-13(16-11)14(19)17-12-5-3-2-4-10(12)8-15/h2-7,16H,1H3,(H,17,19). The number of hydrogen-bond acceptors (Lipinski definition) is 3. The number of amides is 1. The molecule has 0 bridgehead atoms. The van der Waals surface area contributed by atoms with Gasteiger partial charge in [0.2, 0.25) is 0 Å². The fraction of sp³-hybridized carbons (Fsp3) is 0.0714. The Labute approximate surface area is 109 Å². The molecule has 0 aliphatic rings. The van der Waals surface area contributed by atoms with Crippen LogP contribution in [0.1, 0.15) is 33.5 Å². The van der Waals surface area contributed by atoms with Gasteiger partial charge in [0, 0.05) is 6.92 Å². The van der Waals surface area contributed by atoms with Gasteiger partial charge in [-0.3, -0.25) is 9.59 Å². The molecule has 1 heterocycles. The third-order valence-corrected chi connectivity index (χ3v) is 2.61. The Bertz CT molecular complexity index is 680. The number of carbonyl (C=O) groups is 2. The number of nitrogens with one attached hydrogen (secondary N) is 2. The van der Waals surface area contributed by atoms with E-state index in [4.69, 9.17) is 5.26 Å². The Morgan fingerprint density at radius 2 is 1.84 bits per heavy atom. The maximum absolute atomic E-state index is 12.0. The molecule has 0 aliphatic heterocycles. The average Bonchev–Trinajstić information content (AvgIpc) is 2.89. The van der Waals surface area contributed by atoms with Gasteiger partial charge >= 0.3 is 0 Å². The number of para-hydroxylation sites is 1. The van der Waals surface area contributed by atoms with Crippen LogP contribution in [0.4, 0.5) is 5.69 Å². The third kappa shape index (κ3) is 2.69. The smallest absolute Gasteiger partial charge is 0.272 e. The number of hydrogen-bond donors (Lipinski definition) is 2. The largest absolute Gasteiger partial charge is 0.348 e. The van der Waals surface area contributed by atoms with E-state index in [-0.39, 0.29) is 11.5 Å². The molecule has 2 rings (SSSR count). The first-order valence-corrected chi connectivity index (χ1v) is 5.62. The number of anilines is 1. The summed E-state index contributed by atoms with van der Waals surface area (Å²) in [5.41, 5.74) is 1.47. The van der Waals surface area contributed by atoms with Crippen LogP contribution in [0.3, 0.4) is 0 Å². The minimum atomic E-state index is -0.393. The van der Waals surface area contributed by atoms with E-state index in [2.05, 4.69) is 10.3 Å². The molecule has 0 saturated carbocycles. The molecule has 0 fully saturated rings. The van der Waals surface area contributed by atoms with Gasteiger partial charge < -0.3 is 10.3 Å². The van der Waals surface area contributed by atoms with Crippen molar-refractivity contribution in [1.82, 2.24) is 4.98 Å². The SMILES string of the molecule is CC(=O)c1ccc(C(=O)Nc2ccccc2C#N)[nH]1. The van der Waals surface area contributed by atoms with Crippen LogP contribution in [0.15, 0.2) is 36.4 Å². The summed E-state index contributed by atoms with van der Waals surface area (Å²) < 4.78 is 0. The molecule has 1 amide bonds. The van der Waals surface area contributed by atoms with Gasteiger partial charge in [0.15, 0.2) is 5.78 Å². The summed E-state index contributed by atoms with van der Waals surface area (Å²) in [6, 6.07) is 11.8. The van der Waals surface area contributed by atoms with Crippen molar-refractivity contribution in [2.24, 2.45) is 0 Å². The summed E-state index contributed by atoms with van der Waals surface area (Å²) in [4.78, 5) is 25.8. The highest BCUT2D eigenvalue weighted by Crippen LogP contribution is 2.15. The molecular formula is C14H11N3O2. The Hall–Kier alpha value is -2.87. The molecule has 0 unspecified atom stereocenters. The van der Waals surface area contributed by atoms with E-state index in [1.165, 1.54) is 13.0 Å². The molecule has 1 aromatic heterocycles. The molecule has 5 nitrogen and oxygen atoms in total. The zero-order valence-electron chi connectivity index (χ0n) is 10.2. The number of nitriles is 1. The van der Waals surface area contributed by atoms with Gasteiger partial charge in [-0.25, -0.2) is 0 Å². The number of nitrogens with zero attached hydrogens (tertiary/aromatic N) is 1. The van der Waals surface area contributed by atoms with Crippen LogP contribution in [-0.2, 0) is 0 Å². The molecular weight excluding hydrogens is 242 g/mol. The van der Waals surface area contributed by atoms with E-state index in [0.29, 0.717) is 16.9 Å². The average molecular weight is 253 g/mol. The Balaban J connectivity index is 2.21. The van der Waals surface area contributed by atoms with Crippen molar-refractivity contribution in [3.63, 3.8) is 0 Å². The molecule has 0 atom stereocenters. The van der Waals surface area contributed by atoms with Gasteiger partial charge in [-0.2, -0.15) is 5.26 Å². The van der Waals surface area contributed by atoms with Gasteiger partial charge in [0.05, 0.1) is 16.9 Å². The number of benzene rings is 1. The first kappa shape index (κ1) is 12.6. The van der Waals surface area contributed by atoms with Gasteiger partial charge in [0.25, 0.3) is 5.91 Å². The molecule has 94 valence electrons. The Morgan fingerprint density at radius 1 is 1.16 bits per heavy atom. The number of carbonyl (C=O) groups excluding carboxylic acids is 2. The van der Waals surface area contributed by atoms with E-state index in [0.717, 1.165) is 0 Å². The van der Waals surface area contributed by atoms with Crippen molar-refractivity contribution in [3.8, 4) is 6.07 Å². The van der Waals surface area contributed by atoms with E-state index in [9.17, 15) is 9.59 Å². The van der Waals surface area contributed by atoms with Crippen LogP contribution < -0.4 is 5.32 Å². The van der Waals surface area contributed by atoms with Crippen molar-refractivity contribution in [3.05, 3.63) is 53.3 Å². The normalized spacial score (nSPS) is 9.68. The first-order chi connectivity index (χ1) is 9.11. The lowest BCUT2D eigenvalue weighted by molar-refractivity contribution is 0.101. The summed E-state index contributed by atoms with van der Waals surface area (Å²) in [5.74, 6) is -0.535. The van der Waals surface area contributed by atoms with Crippen LogP contribution >= 0.6 is 0 Å². The van der Waals surface area contributed by atoms with Gasteiger partial charge in [-0.05, 0) is 24.3 Å². The number of aromatic nitrogens is 1. The fourth-order valence-electron chi connectivity index (χ4n) is 1.61. The van der Waals surface area contributed by atoms with Gasteiger partial charge in [-0.1, -0.05) is 12.1 Å². The minimum Gasteiger partial charge on any atom is -0.348 e. The zero-order valence-corrected chi connectivity index (χ0v) is 10.2. The van der Waals surface area contributed by atoms with Crippen LogP contribution in [0.2, 0.25) is 0 Å². The molecule has 2 aromatic rings. The van der Waals surface area contributed by atoms with Crippen molar-refractivity contribution < 1.29 is 9.59 Å². The minimum absolute atomic E-state index is 0.142. The van der Waals surface area contributed by atoms with Crippen LogP contribution in [0.5, 0.6) is 0 Å². The molecule has 19 heavy (non-hydrogen) atoms. The zero-order chi connectivity index (χ0) is 13.8. The lowest BCUT2D eigenvalue weighted by Gasteiger charge is -2.05. The Kier molecular flexibility index (Phi) is 3.44. The Morgan fingerprint density at radius 3 is 2.47 bits per heavy atom. The van der Waals surface area contributed by atoms with Crippen molar-refractivity contribution in [2.75, 3.05) is 5.32 Å². The highest BCUT2D eigenvalue weighted by Gasteiger charge is 2.12. The van der Waals surface area contributed by atoms with E-state index >= 15 is 0 Å². The molecule has 5 heteroatoms. The van der Waals surface area contributed by atoms with Gasteiger partial charge in [0.1, 0.15) is 11.8 Å². The first-order valence-electron chi connectivity index (χ1n) is 5.62. The second kappa shape index (κ2) is 5.19. The molecule has 1 aromatic carbocycles. The van der Waals surface area contributed by atoms with Gasteiger partial charge in [-0.15, -0.1) is 0 Å². The summed E-state index contributed by atoms with van der Waals surface area (Å²) in [6.45, 7) is 1.42. The second-order valence-corrected chi connectivity index (χ2v) is 3.95. The molecule has 2 N–H and O–H groups in total. The highest BCUT2D eigenvalue weighted by molar-refractivity contribution is 6.05. The number of Topliss-reactive ketones (excluding diaryl/α,β-unsaturated/α-hetero) is 1. The maximum atomic E-state index is 12.0. The van der Waals surface area contributed by atoms with Crippen LogP contribution in [0.25, 0.3) is 0 Å². The predicted octanol–water partition coefficient (Wildman–Crippen LogP) is 2.34. The quantitative estimate of drug-likeness (QED) is 0.823. The topological polar surface area (TPSA) is 85.8 Å². The lowest BCUT2D eigenvalue weighted by Crippen LogP contribution is -2.13. The van der Waals surface area contributed by atoms with Crippen molar-refractivity contribution >= 4 is 17.4 Å². The van der Waals surface area contributed by atoms with Crippen molar-refractivity contribution in [2.45, 2.75) is 6.92 Å². The second-order valence-electron chi connectivity index (χ2n) is 3.95. The monoisotopic (exact) mass is 253 g/mol. The molecule has 0 radical (unpaired) electrons. The molecule has 0 saturated heterocycles. The molecule has 0 spiro atoms. The summed E-state index contributed by atoms with van der Waals surface area (Å²) in [6.07, 6.45) is 0. The number of H-pyrrole nitrogens is 1. The van der Waals surface area contributed by atoms with E-state index in [1.807, 2.05) is 6.07 Å². The maximum Gasteiger partial charge on any atom is 0.272 e. The summed E-state index contributed by atoms with van der Waals surface area (Å²) in [7, 11) is 0. The fourth-order valence-corrected chi connectivity index (χ4v) is 1.61. The van der Waals surface area contributed by atoms with E-state index in [1.54, 1.807) is 30.3 Å². The lowest BCUT2D eigenvalue weighted by atomic mass is 10.2. The molecule has 0 aliphatic carbocycles. The number of aromatic amines is 1. The third-order valence-electron chi connectivity index (χ3n) is 2.61. The van der Waals surface area contributed by atoms with E-state index < -0.39 is 5.91 Å². The number of rotatable bonds is 3. The highest BCUT2D eigenvalue weighted by atomic mass is 16.2. The number of ketones is 1. The predicted molar refractivity (Wildman–Crippen MR) is 69.9 cm³/mol.